The van der Waals surface area contributed by atoms with Crippen molar-refractivity contribution in [2.45, 2.75) is 45.0 Å². The lowest BCUT2D eigenvalue weighted by atomic mass is 9.84. The summed E-state index contributed by atoms with van der Waals surface area (Å²) in [6, 6.07) is 3.01. The summed E-state index contributed by atoms with van der Waals surface area (Å²) in [5, 5.41) is 3.57. The van der Waals surface area contributed by atoms with Crippen LogP contribution in [0.15, 0.2) is 24.7 Å². The van der Waals surface area contributed by atoms with Crippen LogP contribution in [0.1, 0.15) is 54.2 Å². The number of H-pyrrole nitrogens is 1. The lowest BCUT2D eigenvalue weighted by Crippen LogP contribution is -2.25. The summed E-state index contributed by atoms with van der Waals surface area (Å²) in [4.78, 5) is 28.1. The van der Waals surface area contributed by atoms with E-state index in [2.05, 4.69) is 25.3 Å². The standard InChI is InChI=1S/C21H22F3N5O/c1-2-25-19-16-15(10-26-20(16)28-11-27-19)17(30)14-4-3-13(29-18(14)22)9-12-5-7-21(23,24)8-6-12/h3-4,10-12H,2,5-9H2,1H3,(H2,25,26,27,28). The minimum absolute atomic E-state index is 0.0477. The second-order valence-electron chi connectivity index (χ2n) is 7.65. The van der Waals surface area contributed by atoms with Crippen molar-refractivity contribution in [2.75, 3.05) is 11.9 Å². The molecule has 3 aromatic rings. The Labute approximate surface area is 171 Å². The van der Waals surface area contributed by atoms with Gasteiger partial charge in [0.2, 0.25) is 11.9 Å². The molecule has 158 valence electrons. The summed E-state index contributed by atoms with van der Waals surface area (Å²) in [5.41, 5.74) is 1.05. The Hall–Kier alpha value is -2.97. The number of halogens is 3. The fourth-order valence-corrected chi connectivity index (χ4v) is 3.94. The van der Waals surface area contributed by atoms with Crippen LogP contribution in [0, 0.1) is 11.9 Å². The average Bonchev–Trinajstić information content (AvgIpc) is 3.15. The van der Waals surface area contributed by atoms with Crippen molar-refractivity contribution in [2.24, 2.45) is 5.92 Å². The molecule has 6 nitrogen and oxygen atoms in total. The lowest BCUT2D eigenvalue weighted by molar-refractivity contribution is -0.0457. The van der Waals surface area contributed by atoms with E-state index in [9.17, 15) is 18.0 Å². The molecule has 1 aliphatic rings. The van der Waals surface area contributed by atoms with Gasteiger partial charge in [0, 0.05) is 31.3 Å². The smallest absolute Gasteiger partial charge is 0.248 e. The lowest BCUT2D eigenvalue weighted by Gasteiger charge is -2.28. The highest BCUT2D eigenvalue weighted by Crippen LogP contribution is 2.37. The molecule has 30 heavy (non-hydrogen) atoms. The number of pyridine rings is 1. The number of aromatic amines is 1. The molecule has 1 saturated carbocycles. The predicted molar refractivity (Wildman–Crippen MR) is 106 cm³/mol. The van der Waals surface area contributed by atoms with Gasteiger partial charge in [-0.1, -0.05) is 0 Å². The molecule has 0 spiro atoms. The van der Waals surface area contributed by atoms with E-state index in [1.165, 1.54) is 18.6 Å². The number of carbonyl (C=O) groups is 1. The Balaban J connectivity index is 1.56. The van der Waals surface area contributed by atoms with E-state index in [-0.39, 0.29) is 29.9 Å². The first-order chi connectivity index (χ1) is 14.4. The normalized spacial score (nSPS) is 16.7. The van der Waals surface area contributed by atoms with Crippen LogP contribution in [-0.2, 0) is 6.42 Å². The summed E-state index contributed by atoms with van der Waals surface area (Å²) in [7, 11) is 0. The molecular formula is C21H22F3N5O. The molecule has 0 amide bonds. The van der Waals surface area contributed by atoms with Crippen molar-refractivity contribution < 1.29 is 18.0 Å². The van der Waals surface area contributed by atoms with E-state index < -0.39 is 17.7 Å². The Bertz CT molecular complexity index is 1070. The van der Waals surface area contributed by atoms with Gasteiger partial charge in [-0.15, -0.1) is 0 Å². The molecule has 4 rings (SSSR count). The van der Waals surface area contributed by atoms with Crippen molar-refractivity contribution in [3.05, 3.63) is 47.4 Å². The SMILES string of the molecule is CCNc1ncnc2[nH]cc(C(=O)c3ccc(CC4CCC(F)(F)CC4)nc3F)c12. The zero-order valence-corrected chi connectivity index (χ0v) is 16.5. The quantitative estimate of drug-likeness (QED) is 0.455. The summed E-state index contributed by atoms with van der Waals surface area (Å²) in [5.74, 6) is -3.45. The number of aromatic nitrogens is 4. The van der Waals surface area contributed by atoms with Crippen molar-refractivity contribution in [3.8, 4) is 0 Å². The van der Waals surface area contributed by atoms with Gasteiger partial charge in [0.05, 0.1) is 16.5 Å². The van der Waals surface area contributed by atoms with Crippen LogP contribution >= 0.6 is 0 Å². The third-order valence-electron chi connectivity index (χ3n) is 5.54. The highest BCUT2D eigenvalue weighted by Gasteiger charge is 2.35. The second kappa shape index (κ2) is 8.04. The number of alkyl halides is 2. The molecule has 3 aromatic heterocycles. The van der Waals surface area contributed by atoms with Gasteiger partial charge in [-0.25, -0.2) is 23.7 Å². The summed E-state index contributed by atoms with van der Waals surface area (Å²) in [6.45, 7) is 2.50. The summed E-state index contributed by atoms with van der Waals surface area (Å²) in [6.07, 6.45) is 3.77. The Morgan fingerprint density at radius 3 is 2.70 bits per heavy atom. The fourth-order valence-electron chi connectivity index (χ4n) is 3.94. The van der Waals surface area contributed by atoms with E-state index in [1.807, 2.05) is 6.92 Å². The molecule has 9 heteroatoms. The third kappa shape index (κ3) is 4.01. The average molecular weight is 417 g/mol. The van der Waals surface area contributed by atoms with Crippen molar-refractivity contribution >= 4 is 22.6 Å². The number of ketones is 1. The topological polar surface area (TPSA) is 83.6 Å². The molecule has 0 aromatic carbocycles. The Morgan fingerprint density at radius 2 is 2.00 bits per heavy atom. The largest absolute Gasteiger partial charge is 0.370 e. The second-order valence-corrected chi connectivity index (χ2v) is 7.65. The first-order valence-corrected chi connectivity index (χ1v) is 10.0. The summed E-state index contributed by atoms with van der Waals surface area (Å²) >= 11 is 0. The van der Waals surface area contributed by atoms with Crippen LogP contribution in [0.25, 0.3) is 11.0 Å². The van der Waals surface area contributed by atoms with Gasteiger partial charge in [0.25, 0.3) is 0 Å². The number of rotatable bonds is 6. The molecule has 1 fully saturated rings. The molecule has 3 heterocycles. The first kappa shape index (κ1) is 20.3. The number of nitrogens with one attached hydrogen (secondary N) is 2. The molecule has 0 aliphatic heterocycles. The van der Waals surface area contributed by atoms with Crippen LogP contribution < -0.4 is 5.32 Å². The van der Waals surface area contributed by atoms with Crippen molar-refractivity contribution in [3.63, 3.8) is 0 Å². The third-order valence-corrected chi connectivity index (χ3v) is 5.54. The van der Waals surface area contributed by atoms with E-state index in [0.29, 0.717) is 48.4 Å². The first-order valence-electron chi connectivity index (χ1n) is 10.0. The molecule has 0 unspecified atom stereocenters. The van der Waals surface area contributed by atoms with Gasteiger partial charge in [0.15, 0.2) is 5.78 Å². The molecule has 1 aliphatic carbocycles. The van der Waals surface area contributed by atoms with Crippen LogP contribution in [0.4, 0.5) is 19.0 Å². The van der Waals surface area contributed by atoms with Gasteiger partial charge in [-0.3, -0.25) is 4.79 Å². The maximum Gasteiger partial charge on any atom is 0.248 e. The molecule has 0 bridgehead atoms. The number of anilines is 1. The summed E-state index contributed by atoms with van der Waals surface area (Å²) < 4.78 is 41.3. The van der Waals surface area contributed by atoms with Gasteiger partial charge < -0.3 is 10.3 Å². The van der Waals surface area contributed by atoms with Gasteiger partial charge in [0.1, 0.15) is 17.8 Å². The number of hydrogen-bond acceptors (Lipinski definition) is 5. The molecule has 0 atom stereocenters. The highest BCUT2D eigenvalue weighted by molar-refractivity contribution is 6.17. The van der Waals surface area contributed by atoms with Gasteiger partial charge in [-0.2, -0.15) is 4.39 Å². The highest BCUT2D eigenvalue weighted by atomic mass is 19.3. The van der Waals surface area contributed by atoms with E-state index >= 15 is 0 Å². The van der Waals surface area contributed by atoms with Crippen LogP contribution in [-0.4, -0.2) is 38.2 Å². The zero-order chi connectivity index (χ0) is 21.3. The van der Waals surface area contributed by atoms with Gasteiger partial charge in [-0.05, 0) is 44.2 Å². The van der Waals surface area contributed by atoms with E-state index in [1.54, 1.807) is 6.07 Å². The van der Waals surface area contributed by atoms with E-state index in [4.69, 9.17) is 0 Å². The molecule has 0 saturated heterocycles. The Morgan fingerprint density at radius 1 is 1.23 bits per heavy atom. The van der Waals surface area contributed by atoms with Crippen molar-refractivity contribution in [1.82, 2.24) is 19.9 Å². The molecule has 2 N–H and O–H groups in total. The predicted octanol–water partition coefficient (Wildman–Crippen LogP) is 4.52. The fraction of sp³-hybridized carbons (Fsp3) is 0.429. The Kier molecular flexibility index (Phi) is 5.44. The van der Waals surface area contributed by atoms with Crippen molar-refractivity contribution in [1.29, 1.82) is 0 Å². The van der Waals surface area contributed by atoms with E-state index in [0.717, 1.165) is 0 Å². The maximum absolute atomic E-state index is 14.7. The molecule has 0 radical (unpaired) electrons. The monoisotopic (exact) mass is 417 g/mol. The van der Waals surface area contributed by atoms with Crippen LogP contribution in [0.5, 0.6) is 0 Å². The van der Waals surface area contributed by atoms with Crippen LogP contribution in [0.2, 0.25) is 0 Å². The molecular weight excluding hydrogens is 395 g/mol. The minimum atomic E-state index is -2.60. The zero-order valence-electron chi connectivity index (χ0n) is 16.5. The maximum atomic E-state index is 14.7. The number of fused-ring (bicyclic) bond motifs is 1. The number of carbonyl (C=O) groups excluding carboxylic acids is 1. The van der Waals surface area contributed by atoms with Crippen LogP contribution in [0.3, 0.4) is 0 Å². The number of nitrogens with zero attached hydrogens (tertiary/aromatic N) is 3. The minimum Gasteiger partial charge on any atom is -0.370 e. The van der Waals surface area contributed by atoms with Gasteiger partial charge >= 0.3 is 0 Å². The number of hydrogen-bond donors (Lipinski definition) is 2.